The first-order valence-electron chi connectivity index (χ1n) is 9.41. The van der Waals surface area contributed by atoms with Crippen molar-refractivity contribution in [2.24, 2.45) is 0 Å². The van der Waals surface area contributed by atoms with Crippen molar-refractivity contribution in [3.63, 3.8) is 0 Å². The van der Waals surface area contributed by atoms with Crippen LogP contribution in [-0.4, -0.2) is 32.4 Å². The number of sulfonamides is 1. The zero-order chi connectivity index (χ0) is 20.3. The molecular formula is C22H21N3O2S2. The molecule has 0 spiro atoms. The molecule has 29 heavy (non-hydrogen) atoms. The fourth-order valence-electron chi connectivity index (χ4n) is 3.57. The number of nitrogens with one attached hydrogen (secondary N) is 1. The summed E-state index contributed by atoms with van der Waals surface area (Å²) >= 11 is 1.73. The highest BCUT2D eigenvalue weighted by Crippen LogP contribution is 2.25. The second kappa shape index (κ2) is 8.47. The average Bonchev–Trinajstić information content (AvgIpc) is 3.41. The average molecular weight is 424 g/mol. The van der Waals surface area contributed by atoms with Gasteiger partial charge in [-0.1, -0.05) is 36.4 Å². The fraction of sp³-hybridized carbons (Fsp3) is 0.227. The van der Waals surface area contributed by atoms with Crippen molar-refractivity contribution in [2.45, 2.75) is 23.9 Å². The minimum absolute atomic E-state index is 0.129. The molecule has 0 radical (unpaired) electrons. The molecule has 2 heterocycles. The molecule has 2 aromatic carbocycles. The highest BCUT2D eigenvalue weighted by molar-refractivity contribution is 7.89. The zero-order valence-electron chi connectivity index (χ0n) is 15.8. The smallest absolute Gasteiger partial charge is 0.240 e. The lowest BCUT2D eigenvalue weighted by atomic mass is 10.1. The van der Waals surface area contributed by atoms with Crippen LogP contribution in [0.15, 0.2) is 70.9 Å². The van der Waals surface area contributed by atoms with Gasteiger partial charge in [0.05, 0.1) is 16.5 Å². The van der Waals surface area contributed by atoms with Gasteiger partial charge in [-0.2, -0.15) is 5.26 Å². The van der Waals surface area contributed by atoms with E-state index in [2.05, 4.69) is 51.4 Å². The van der Waals surface area contributed by atoms with Gasteiger partial charge in [0.15, 0.2) is 0 Å². The van der Waals surface area contributed by atoms with E-state index in [4.69, 9.17) is 5.26 Å². The van der Waals surface area contributed by atoms with Crippen LogP contribution in [0.5, 0.6) is 0 Å². The summed E-state index contributed by atoms with van der Waals surface area (Å²) in [5, 5.41) is 11.1. The molecule has 1 N–H and O–H groups in total. The summed E-state index contributed by atoms with van der Waals surface area (Å²) in [5.41, 5.74) is 2.78. The Morgan fingerprint density at radius 3 is 2.69 bits per heavy atom. The minimum atomic E-state index is -3.63. The third-order valence-corrected chi connectivity index (χ3v) is 7.47. The van der Waals surface area contributed by atoms with E-state index >= 15 is 0 Å². The molecule has 1 atom stereocenters. The largest absolute Gasteiger partial charge is 0.297 e. The summed E-state index contributed by atoms with van der Waals surface area (Å²) in [4.78, 5) is 3.66. The second-order valence-electron chi connectivity index (χ2n) is 7.16. The molecule has 148 valence electrons. The van der Waals surface area contributed by atoms with Crippen LogP contribution in [0.2, 0.25) is 0 Å². The van der Waals surface area contributed by atoms with Gasteiger partial charge in [0.25, 0.3) is 0 Å². The number of likely N-dealkylation sites (tertiary alicyclic amines) is 1. The molecule has 0 bridgehead atoms. The molecular weight excluding hydrogens is 402 g/mol. The fourth-order valence-corrected chi connectivity index (χ4v) is 5.61. The molecule has 1 saturated heterocycles. The Bertz CT molecular complexity index is 1120. The van der Waals surface area contributed by atoms with Gasteiger partial charge < -0.3 is 0 Å². The maximum absolute atomic E-state index is 12.6. The molecule has 3 aromatic rings. The van der Waals surface area contributed by atoms with E-state index in [0.717, 1.165) is 19.5 Å². The van der Waals surface area contributed by atoms with Crippen molar-refractivity contribution >= 4 is 21.4 Å². The Morgan fingerprint density at radius 1 is 1.14 bits per heavy atom. The summed E-state index contributed by atoms with van der Waals surface area (Å²) < 4.78 is 28.1. The quantitative estimate of drug-likeness (QED) is 0.654. The number of nitriles is 1. The Labute approximate surface area is 175 Å². The van der Waals surface area contributed by atoms with Gasteiger partial charge in [-0.25, -0.2) is 13.1 Å². The third-order valence-electron chi connectivity index (χ3n) is 5.03. The Morgan fingerprint density at radius 2 is 1.97 bits per heavy atom. The molecule has 0 aliphatic carbocycles. The summed E-state index contributed by atoms with van der Waals surface area (Å²) in [6, 6.07) is 20.7. The predicted octanol–water partition coefficient (Wildman–Crippen LogP) is 3.84. The molecule has 1 unspecified atom stereocenters. The zero-order valence-corrected chi connectivity index (χ0v) is 17.4. The van der Waals surface area contributed by atoms with Gasteiger partial charge >= 0.3 is 0 Å². The standard InChI is InChI=1S/C22H21N3O2S2/c23-14-18-3-1-4-21(13-18)29(26,27)24-20-10-11-25(16-20)15-17-6-8-19(9-7-17)22-5-2-12-28-22/h1-9,12-13,20,24H,10-11,15-16H2. The van der Waals surface area contributed by atoms with Gasteiger partial charge in [-0.15, -0.1) is 11.3 Å². The first-order valence-corrected chi connectivity index (χ1v) is 11.8. The normalized spacial score (nSPS) is 17.3. The van der Waals surface area contributed by atoms with Gasteiger partial charge in [0.2, 0.25) is 10.0 Å². The summed E-state index contributed by atoms with van der Waals surface area (Å²) in [5.74, 6) is 0. The third kappa shape index (κ3) is 4.74. The van der Waals surface area contributed by atoms with E-state index in [-0.39, 0.29) is 10.9 Å². The van der Waals surface area contributed by atoms with Crippen LogP contribution >= 0.6 is 11.3 Å². The Kier molecular flexibility index (Phi) is 5.79. The highest BCUT2D eigenvalue weighted by Gasteiger charge is 2.27. The molecule has 1 aromatic heterocycles. The van der Waals surface area contributed by atoms with Crippen LogP contribution in [0.3, 0.4) is 0 Å². The molecule has 1 fully saturated rings. The molecule has 0 saturated carbocycles. The van der Waals surface area contributed by atoms with E-state index in [9.17, 15) is 8.42 Å². The van der Waals surface area contributed by atoms with Crippen LogP contribution in [0.25, 0.3) is 10.4 Å². The van der Waals surface area contributed by atoms with Crippen molar-refractivity contribution in [3.8, 4) is 16.5 Å². The summed E-state index contributed by atoms with van der Waals surface area (Å²) in [6.45, 7) is 2.31. The molecule has 1 aliphatic rings. The summed E-state index contributed by atoms with van der Waals surface area (Å²) in [7, 11) is -3.63. The van der Waals surface area contributed by atoms with Crippen LogP contribution in [-0.2, 0) is 16.6 Å². The maximum Gasteiger partial charge on any atom is 0.240 e. The SMILES string of the molecule is N#Cc1cccc(S(=O)(=O)NC2CCN(Cc3ccc(-c4cccs4)cc3)C2)c1. The topological polar surface area (TPSA) is 73.2 Å². The molecule has 1 aliphatic heterocycles. The van der Waals surface area contributed by atoms with Crippen molar-refractivity contribution < 1.29 is 8.42 Å². The lowest BCUT2D eigenvalue weighted by Crippen LogP contribution is -2.37. The second-order valence-corrected chi connectivity index (χ2v) is 9.82. The number of thiophene rings is 1. The van der Waals surface area contributed by atoms with E-state index in [1.165, 1.54) is 28.1 Å². The van der Waals surface area contributed by atoms with E-state index in [0.29, 0.717) is 12.1 Å². The van der Waals surface area contributed by atoms with Gasteiger partial charge in [-0.05, 0) is 47.2 Å². The van der Waals surface area contributed by atoms with Crippen LogP contribution in [0.1, 0.15) is 17.5 Å². The monoisotopic (exact) mass is 423 g/mol. The number of rotatable bonds is 6. The lowest BCUT2D eigenvalue weighted by Gasteiger charge is -2.17. The number of benzene rings is 2. The molecule has 7 heteroatoms. The van der Waals surface area contributed by atoms with E-state index in [1.807, 2.05) is 6.07 Å². The predicted molar refractivity (Wildman–Crippen MR) is 115 cm³/mol. The van der Waals surface area contributed by atoms with Gasteiger partial charge in [0, 0.05) is 30.6 Å². The van der Waals surface area contributed by atoms with Crippen LogP contribution < -0.4 is 4.72 Å². The molecule has 0 amide bonds. The first-order chi connectivity index (χ1) is 14.0. The van der Waals surface area contributed by atoms with E-state index in [1.54, 1.807) is 23.5 Å². The van der Waals surface area contributed by atoms with Crippen LogP contribution in [0, 0.1) is 11.3 Å². The van der Waals surface area contributed by atoms with E-state index < -0.39 is 10.0 Å². The highest BCUT2D eigenvalue weighted by atomic mass is 32.2. The lowest BCUT2D eigenvalue weighted by molar-refractivity contribution is 0.324. The van der Waals surface area contributed by atoms with Crippen molar-refractivity contribution in [2.75, 3.05) is 13.1 Å². The van der Waals surface area contributed by atoms with Crippen molar-refractivity contribution in [1.82, 2.24) is 9.62 Å². The number of hydrogen-bond donors (Lipinski definition) is 1. The Hall–Kier alpha value is -2.50. The van der Waals surface area contributed by atoms with Crippen molar-refractivity contribution in [1.29, 1.82) is 5.26 Å². The number of hydrogen-bond acceptors (Lipinski definition) is 5. The van der Waals surface area contributed by atoms with Gasteiger partial charge in [0.1, 0.15) is 0 Å². The van der Waals surface area contributed by atoms with Crippen molar-refractivity contribution in [3.05, 3.63) is 77.2 Å². The Balaban J connectivity index is 1.36. The minimum Gasteiger partial charge on any atom is -0.297 e. The molecule has 5 nitrogen and oxygen atoms in total. The van der Waals surface area contributed by atoms with Gasteiger partial charge in [-0.3, -0.25) is 4.90 Å². The first kappa shape index (κ1) is 19.8. The molecule has 4 rings (SSSR count). The maximum atomic E-state index is 12.6. The van der Waals surface area contributed by atoms with Crippen LogP contribution in [0.4, 0.5) is 0 Å². The summed E-state index contributed by atoms with van der Waals surface area (Å²) in [6.07, 6.45) is 0.768. The number of nitrogens with zero attached hydrogens (tertiary/aromatic N) is 2.